The third kappa shape index (κ3) is 2.67. The lowest BCUT2D eigenvalue weighted by Gasteiger charge is -2.04. The summed E-state index contributed by atoms with van der Waals surface area (Å²) in [5, 5.41) is 8.66. The van der Waals surface area contributed by atoms with E-state index in [1.54, 1.807) is 0 Å². The largest absolute Gasteiger partial charge is 0.477 e. The number of aromatic carboxylic acids is 1. The highest BCUT2D eigenvalue weighted by Gasteiger charge is 2.09. The highest BCUT2D eigenvalue weighted by molar-refractivity contribution is 5.87. The number of hydrogen-bond donors (Lipinski definition) is 2. The Labute approximate surface area is 84.9 Å². The minimum atomic E-state index is -1.28. The van der Waals surface area contributed by atoms with Gasteiger partial charge in [0.15, 0.2) is 0 Å². The Morgan fingerprint density at radius 1 is 1.47 bits per heavy atom. The maximum Gasteiger partial charge on any atom is 0.341 e. The number of nitrogens with two attached hydrogens (primary N) is 1. The molecule has 6 nitrogen and oxygen atoms in total. The molecule has 0 aliphatic carbocycles. The Balaban J connectivity index is 3.00. The lowest BCUT2D eigenvalue weighted by atomic mass is 10.2. The number of amides is 1. The van der Waals surface area contributed by atoms with Crippen molar-refractivity contribution in [3.05, 3.63) is 34.2 Å². The van der Waals surface area contributed by atoms with E-state index in [2.05, 4.69) is 0 Å². The fourth-order valence-corrected chi connectivity index (χ4v) is 1.11. The van der Waals surface area contributed by atoms with Gasteiger partial charge < -0.3 is 15.4 Å². The van der Waals surface area contributed by atoms with Crippen LogP contribution in [0, 0.1) is 0 Å². The van der Waals surface area contributed by atoms with Crippen LogP contribution in [0.1, 0.15) is 16.8 Å². The molecule has 0 aliphatic rings. The van der Waals surface area contributed by atoms with Crippen molar-refractivity contribution in [3.63, 3.8) is 0 Å². The van der Waals surface area contributed by atoms with Crippen LogP contribution < -0.4 is 11.3 Å². The zero-order chi connectivity index (χ0) is 11.4. The lowest BCUT2D eigenvalue weighted by molar-refractivity contribution is -0.118. The minimum absolute atomic E-state index is 0.00296. The third-order valence-corrected chi connectivity index (χ3v) is 1.85. The van der Waals surface area contributed by atoms with E-state index < -0.39 is 17.4 Å². The Bertz CT molecular complexity index is 450. The first-order valence-corrected chi connectivity index (χ1v) is 4.23. The standard InChI is InChI=1S/C9H10N2O4/c10-7(12)3-5-11-4-1-2-6(8(11)13)9(14)15/h1-2,4H,3,5H2,(H2,10,12)(H,14,15). The van der Waals surface area contributed by atoms with Gasteiger partial charge in [0.2, 0.25) is 5.91 Å². The van der Waals surface area contributed by atoms with Crippen LogP contribution in [-0.4, -0.2) is 21.6 Å². The number of carboxylic acid groups (broad SMARTS) is 1. The van der Waals surface area contributed by atoms with Gasteiger partial charge in [0, 0.05) is 19.2 Å². The van der Waals surface area contributed by atoms with Crippen molar-refractivity contribution >= 4 is 11.9 Å². The van der Waals surface area contributed by atoms with Crippen molar-refractivity contribution in [1.82, 2.24) is 4.57 Å². The fraction of sp³-hybridized carbons (Fsp3) is 0.222. The van der Waals surface area contributed by atoms with Gasteiger partial charge in [0.1, 0.15) is 5.56 Å². The van der Waals surface area contributed by atoms with Gasteiger partial charge in [-0.15, -0.1) is 0 Å². The third-order valence-electron chi connectivity index (χ3n) is 1.85. The van der Waals surface area contributed by atoms with Crippen LogP contribution >= 0.6 is 0 Å². The molecule has 0 fully saturated rings. The van der Waals surface area contributed by atoms with E-state index >= 15 is 0 Å². The Morgan fingerprint density at radius 2 is 2.13 bits per heavy atom. The van der Waals surface area contributed by atoms with Crippen LogP contribution in [0.5, 0.6) is 0 Å². The Kier molecular flexibility index (Phi) is 3.22. The number of aryl methyl sites for hydroxylation is 1. The predicted octanol–water partition coefficient (Wildman–Crippen LogP) is -0.578. The van der Waals surface area contributed by atoms with Gasteiger partial charge in [-0.2, -0.15) is 0 Å². The van der Waals surface area contributed by atoms with Gasteiger partial charge in [0.05, 0.1) is 0 Å². The summed E-state index contributed by atoms with van der Waals surface area (Å²) in [5.74, 6) is -1.82. The molecular formula is C9H10N2O4. The summed E-state index contributed by atoms with van der Waals surface area (Å²) in [5.41, 5.74) is 3.97. The average molecular weight is 210 g/mol. The van der Waals surface area contributed by atoms with Crippen molar-refractivity contribution < 1.29 is 14.7 Å². The number of carbonyl (C=O) groups is 2. The molecule has 0 saturated heterocycles. The van der Waals surface area contributed by atoms with Gasteiger partial charge in [-0.3, -0.25) is 9.59 Å². The lowest BCUT2D eigenvalue weighted by Crippen LogP contribution is -2.27. The maximum absolute atomic E-state index is 11.5. The summed E-state index contributed by atoms with van der Waals surface area (Å²) in [7, 11) is 0. The average Bonchev–Trinajstić information content (AvgIpc) is 2.15. The number of hydrogen-bond acceptors (Lipinski definition) is 3. The molecule has 1 amide bonds. The van der Waals surface area contributed by atoms with Crippen LogP contribution in [-0.2, 0) is 11.3 Å². The van der Waals surface area contributed by atoms with Gasteiger partial charge in [-0.1, -0.05) is 0 Å². The zero-order valence-electron chi connectivity index (χ0n) is 7.84. The van der Waals surface area contributed by atoms with E-state index in [4.69, 9.17) is 10.8 Å². The molecule has 0 aromatic carbocycles. The van der Waals surface area contributed by atoms with Crippen molar-refractivity contribution in [2.45, 2.75) is 13.0 Å². The topological polar surface area (TPSA) is 102 Å². The number of carbonyl (C=O) groups excluding carboxylic acids is 1. The first kappa shape index (κ1) is 11.0. The molecule has 1 heterocycles. The van der Waals surface area contributed by atoms with E-state index in [0.717, 1.165) is 4.57 Å². The molecule has 0 aliphatic heterocycles. The van der Waals surface area contributed by atoms with E-state index in [1.807, 2.05) is 0 Å². The molecule has 1 aromatic rings. The highest BCUT2D eigenvalue weighted by atomic mass is 16.4. The smallest absolute Gasteiger partial charge is 0.341 e. The van der Waals surface area contributed by atoms with E-state index in [1.165, 1.54) is 18.3 Å². The first-order valence-electron chi connectivity index (χ1n) is 4.23. The second-order valence-electron chi connectivity index (χ2n) is 2.94. The molecule has 0 radical (unpaired) electrons. The van der Waals surface area contributed by atoms with E-state index in [0.29, 0.717) is 0 Å². The fourth-order valence-electron chi connectivity index (χ4n) is 1.11. The number of pyridine rings is 1. The van der Waals surface area contributed by atoms with Gasteiger partial charge >= 0.3 is 5.97 Å². The monoisotopic (exact) mass is 210 g/mol. The van der Waals surface area contributed by atoms with Crippen LogP contribution in [0.4, 0.5) is 0 Å². The summed E-state index contributed by atoms with van der Waals surface area (Å²) in [4.78, 5) is 32.6. The molecule has 6 heteroatoms. The molecular weight excluding hydrogens is 200 g/mol. The molecule has 3 N–H and O–H groups in total. The summed E-state index contributed by atoms with van der Waals surface area (Å²) < 4.78 is 1.15. The molecule has 1 rings (SSSR count). The van der Waals surface area contributed by atoms with Gasteiger partial charge in [-0.25, -0.2) is 4.79 Å². The normalized spacial score (nSPS) is 9.87. The predicted molar refractivity (Wildman–Crippen MR) is 51.5 cm³/mol. The summed E-state index contributed by atoms with van der Waals surface area (Å²) in [6.07, 6.45) is 1.42. The molecule has 15 heavy (non-hydrogen) atoms. The molecule has 0 unspecified atom stereocenters. The van der Waals surface area contributed by atoms with Crippen LogP contribution in [0.15, 0.2) is 23.1 Å². The molecule has 1 aromatic heterocycles. The Morgan fingerprint density at radius 3 is 2.67 bits per heavy atom. The summed E-state index contributed by atoms with van der Waals surface area (Å²) in [6, 6.07) is 2.65. The molecule has 0 bridgehead atoms. The maximum atomic E-state index is 11.5. The number of aromatic nitrogens is 1. The quantitative estimate of drug-likeness (QED) is 0.694. The number of carboxylic acids is 1. The first-order chi connectivity index (χ1) is 7.02. The van der Waals surface area contributed by atoms with Crippen molar-refractivity contribution in [1.29, 1.82) is 0 Å². The Hall–Kier alpha value is -2.11. The molecule has 0 atom stereocenters. The van der Waals surface area contributed by atoms with Crippen LogP contribution in [0.2, 0.25) is 0 Å². The van der Waals surface area contributed by atoms with Gasteiger partial charge in [-0.05, 0) is 12.1 Å². The minimum Gasteiger partial charge on any atom is -0.477 e. The second kappa shape index (κ2) is 4.41. The number of nitrogens with zero attached hydrogens (tertiary/aromatic N) is 1. The van der Waals surface area contributed by atoms with Crippen LogP contribution in [0.3, 0.4) is 0 Å². The summed E-state index contributed by atoms with van der Waals surface area (Å²) in [6.45, 7) is 0.0925. The second-order valence-corrected chi connectivity index (χ2v) is 2.94. The number of primary amides is 1. The number of rotatable bonds is 4. The zero-order valence-corrected chi connectivity index (χ0v) is 7.84. The molecule has 80 valence electrons. The summed E-state index contributed by atoms with van der Waals surface area (Å²) >= 11 is 0. The van der Waals surface area contributed by atoms with Crippen molar-refractivity contribution in [2.75, 3.05) is 0 Å². The molecule has 0 spiro atoms. The van der Waals surface area contributed by atoms with Crippen LogP contribution in [0.25, 0.3) is 0 Å². The van der Waals surface area contributed by atoms with Gasteiger partial charge in [0.25, 0.3) is 5.56 Å². The highest BCUT2D eigenvalue weighted by Crippen LogP contribution is 1.93. The van der Waals surface area contributed by atoms with Crippen molar-refractivity contribution in [2.24, 2.45) is 5.73 Å². The van der Waals surface area contributed by atoms with Crippen molar-refractivity contribution in [3.8, 4) is 0 Å². The SMILES string of the molecule is NC(=O)CCn1cccc(C(=O)O)c1=O. The van der Waals surface area contributed by atoms with E-state index in [9.17, 15) is 14.4 Å². The molecule has 0 saturated carbocycles. The van der Waals surface area contributed by atoms with E-state index in [-0.39, 0.29) is 18.5 Å².